The van der Waals surface area contributed by atoms with Crippen LogP contribution in [0.25, 0.3) is 0 Å². The van der Waals surface area contributed by atoms with E-state index in [2.05, 4.69) is 4.98 Å². The fraction of sp³-hybridized carbons (Fsp3) is 0.174. The number of hydrogen-bond acceptors (Lipinski definition) is 3. The standard InChI is InChI=1S/C23H19F2N3O2/c1-14-3-5-16(24)11-18(14)22(29)27-9-10-28(21-13-26-8-7-20(21)27)23(30)19-12-17(25)6-4-15(19)2/h3-8,11-13H,9-10H2,1-2H3. The zero-order valence-electron chi connectivity index (χ0n) is 16.5. The molecule has 0 spiro atoms. The van der Waals surface area contributed by atoms with E-state index in [-0.39, 0.29) is 36.0 Å². The second-order valence-corrected chi connectivity index (χ2v) is 7.20. The molecule has 5 nitrogen and oxygen atoms in total. The second kappa shape index (κ2) is 7.67. The molecule has 0 saturated carbocycles. The van der Waals surface area contributed by atoms with E-state index in [1.165, 1.54) is 46.5 Å². The van der Waals surface area contributed by atoms with Crippen LogP contribution in [0, 0.1) is 25.5 Å². The molecule has 1 aliphatic rings. The molecule has 30 heavy (non-hydrogen) atoms. The maximum absolute atomic E-state index is 13.7. The highest BCUT2D eigenvalue weighted by Crippen LogP contribution is 2.34. The predicted octanol–water partition coefficient (Wildman–Crippen LogP) is 4.28. The lowest BCUT2D eigenvalue weighted by Crippen LogP contribution is -2.46. The Morgan fingerprint density at radius 3 is 1.83 bits per heavy atom. The zero-order valence-corrected chi connectivity index (χ0v) is 16.5. The maximum atomic E-state index is 13.7. The Balaban J connectivity index is 1.73. The Kier molecular flexibility index (Phi) is 5.03. The summed E-state index contributed by atoms with van der Waals surface area (Å²) in [5.74, 6) is -1.70. The number of aryl methyl sites for hydroxylation is 2. The van der Waals surface area contributed by atoms with Gasteiger partial charge < -0.3 is 9.80 Å². The van der Waals surface area contributed by atoms with Crippen molar-refractivity contribution in [3.8, 4) is 0 Å². The molecular formula is C23H19F2N3O2. The van der Waals surface area contributed by atoms with Gasteiger partial charge in [0.25, 0.3) is 11.8 Å². The molecule has 0 saturated heterocycles. The smallest absolute Gasteiger partial charge is 0.258 e. The molecule has 0 radical (unpaired) electrons. The fourth-order valence-corrected chi connectivity index (χ4v) is 3.62. The molecule has 4 rings (SSSR count). The first-order valence-electron chi connectivity index (χ1n) is 9.47. The summed E-state index contributed by atoms with van der Waals surface area (Å²) in [6.07, 6.45) is 3.03. The third-order valence-electron chi connectivity index (χ3n) is 5.26. The minimum absolute atomic E-state index is 0.202. The van der Waals surface area contributed by atoms with Crippen molar-refractivity contribution in [2.45, 2.75) is 13.8 Å². The number of nitrogens with zero attached hydrogens (tertiary/aromatic N) is 3. The van der Waals surface area contributed by atoms with E-state index in [1.54, 1.807) is 32.0 Å². The maximum Gasteiger partial charge on any atom is 0.258 e. The van der Waals surface area contributed by atoms with Gasteiger partial charge in [-0.2, -0.15) is 0 Å². The first-order valence-corrected chi connectivity index (χ1v) is 9.47. The van der Waals surface area contributed by atoms with Crippen LogP contribution >= 0.6 is 0 Å². The van der Waals surface area contributed by atoms with E-state index in [1.807, 2.05) is 0 Å². The summed E-state index contributed by atoms with van der Waals surface area (Å²) in [7, 11) is 0. The number of carbonyl (C=O) groups is 2. The molecule has 0 atom stereocenters. The van der Waals surface area contributed by atoms with Crippen LogP contribution in [0.3, 0.4) is 0 Å². The van der Waals surface area contributed by atoms with E-state index in [0.717, 1.165) is 0 Å². The van der Waals surface area contributed by atoms with Crippen molar-refractivity contribution in [3.63, 3.8) is 0 Å². The molecule has 0 N–H and O–H groups in total. The number of fused-ring (bicyclic) bond motifs is 1. The van der Waals surface area contributed by atoms with Gasteiger partial charge >= 0.3 is 0 Å². The van der Waals surface area contributed by atoms with Gasteiger partial charge in [-0.1, -0.05) is 12.1 Å². The van der Waals surface area contributed by atoms with Crippen LogP contribution in [0.1, 0.15) is 31.8 Å². The number of rotatable bonds is 2. The van der Waals surface area contributed by atoms with Crippen molar-refractivity contribution in [1.82, 2.24) is 4.98 Å². The Morgan fingerprint density at radius 2 is 1.30 bits per heavy atom. The minimum atomic E-state index is -0.495. The van der Waals surface area contributed by atoms with Crippen LogP contribution in [0.4, 0.5) is 20.2 Å². The molecule has 0 bridgehead atoms. The Bertz CT molecular complexity index is 1070. The summed E-state index contributed by atoms with van der Waals surface area (Å²) < 4.78 is 27.5. The van der Waals surface area contributed by atoms with Gasteiger partial charge in [-0.15, -0.1) is 0 Å². The molecule has 0 unspecified atom stereocenters. The number of halogens is 2. The highest BCUT2D eigenvalue weighted by atomic mass is 19.1. The van der Waals surface area contributed by atoms with Crippen LogP contribution in [-0.2, 0) is 0 Å². The molecule has 2 aromatic carbocycles. The van der Waals surface area contributed by atoms with Crippen molar-refractivity contribution in [2.75, 3.05) is 22.9 Å². The van der Waals surface area contributed by atoms with Crippen LogP contribution in [-0.4, -0.2) is 29.9 Å². The average Bonchev–Trinajstić information content (AvgIpc) is 2.75. The first-order chi connectivity index (χ1) is 14.4. The molecule has 1 aromatic heterocycles. The molecule has 3 aromatic rings. The number of benzene rings is 2. The molecule has 0 fully saturated rings. The zero-order chi connectivity index (χ0) is 21.4. The van der Waals surface area contributed by atoms with E-state index in [4.69, 9.17) is 0 Å². The average molecular weight is 407 g/mol. The summed E-state index contributed by atoms with van der Waals surface area (Å²) in [6.45, 7) is 3.90. The number of carbonyl (C=O) groups excluding carboxylic acids is 2. The number of aromatic nitrogens is 1. The van der Waals surface area contributed by atoms with Gasteiger partial charge in [0.1, 0.15) is 11.6 Å². The number of hydrogen-bond donors (Lipinski definition) is 0. The lowest BCUT2D eigenvalue weighted by atomic mass is 10.0. The quantitative estimate of drug-likeness (QED) is 0.637. The van der Waals surface area contributed by atoms with Crippen LogP contribution in [0.5, 0.6) is 0 Å². The third-order valence-corrected chi connectivity index (χ3v) is 5.26. The Morgan fingerprint density at radius 1 is 0.800 bits per heavy atom. The summed E-state index contributed by atoms with van der Waals surface area (Å²) in [5, 5.41) is 0. The molecular weight excluding hydrogens is 388 g/mol. The van der Waals surface area contributed by atoms with E-state index >= 15 is 0 Å². The summed E-state index contributed by atoms with van der Waals surface area (Å²) >= 11 is 0. The Hall–Kier alpha value is -3.61. The third kappa shape index (κ3) is 3.43. The normalized spacial score (nSPS) is 13.2. The van der Waals surface area contributed by atoms with E-state index in [9.17, 15) is 18.4 Å². The van der Waals surface area contributed by atoms with E-state index < -0.39 is 11.6 Å². The number of amides is 2. The van der Waals surface area contributed by atoms with Crippen LogP contribution < -0.4 is 9.80 Å². The van der Waals surface area contributed by atoms with Gasteiger partial charge in [0.15, 0.2) is 0 Å². The van der Waals surface area contributed by atoms with Crippen molar-refractivity contribution in [3.05, 3.63) is 88.7 Å². The molecule has 2 amide bonds. The highest BCUT2D eigenvalue weighted by Gasteiger charge is 2.32. The predicted molar refractivity (Wildman–Crippen MR) is 110 cm³/mol. The first kappa shape index (κ1) is 19.7. The van der Waals surface area contributed by atoms with Gasteiger partial charge in [0, 0.05) is 30.4 Å². The van der Waals surface area contributed by atoms with E-state index in [0.29, 0.717) is 22.5 Å². The van der Waals surface area contributed by atoms with Gasteiger partial charge in [0.2, 0.25) is 0 Å². The molecule has 0 aliphatic carbocycles. The molecule has 1 aliphatic heterocycles. The van der Waals surface area contributed by atoms with Crippen LogP contribution in [0.2, 0.25) is 0 Å². The van der Waals surface area contributed by atoms with Crippen LogP contribution in [0.15, 0.2) is 54.9 Å². The van der Waals surface area contributed by atoms with Crippen molar-refractivity contribution < 1.29 is 18.4 Å². The largest absolute Gasteiger partial charge is 0.304 e. The lowest BCUT2D eigenvalue weighted by molar-refractivity contribution is 0.0961. The van der Waals surface area contributed by atoms with Gasteiger partial charge in [-0.25, -0.2) is 8.78 Å². The van der Waals surface area contributed by atoms with Gasteiger partial charge in [-0.3, -0.25) is 14.6 Å². The summed E-state index contributed by atoms with van der Waals surface area (Å²) in [4.78, 5) is 33.4. The summed E-state index contributed by atoms with van der Waals surface area (Å²) in [5.41, 5.74) is 2.77. The van der Waals surface area contributed by atoms with Crippen molar-refractivity contribution >= 4 is 23.2 Å². The number of anilines is 2. The molecule has 2 heterocycles. The van der Waals surface area contributed by atoms with Gasteiger partial charge in [-0.05, 0) is 55.3 Å². The Labute approximate surface area is 172 Å². The molecule has 7 heteroatoms. The second-order valence-electron chi connectivity index (χ2n) is 7.20. The van der Waals surface area contributed by atoms with Gasteiger partial charge in [0.05, 0.1) is 17.6 Å². The highest BCUT2D eigenvalue weighted by molar-refractivity contribution is 6.14. The fourth-order valence-electron chi connectivity index (χ4n) is 3.62. The lowest BCUT2D eigenvalue weighted by Gasteiger charge is -2.36. The summed E-state index contributed by atoms with van der Waals surface area (Å²) in [6, 6.07) is 9.79. The SMILES string of the molecule is Cc1ccc(F)cc1C(=O)N1CCN(C(=O)c2cc(F)ccc2C)c2cnccc21. The topological polar surface area (TPSA) is 53.5 Å². The minimum Gasteiger partial charge on any atom is -0.304 e. The van der Waals surface area contributed by atoms with Crippen molar-refractivity contribution in [2.24, 2.45) is 0 Å². The number of pyridine rings is 1. The van der Waals surface area contributed by atoms with Crippen molar-refractivity contribution in [1.29, 1.82) is 0 Å². The molecule has 152 valence electrons. The monoisotopic (exact) mass is 407 g/mol.